The number of aryl methyl sites for hydroxylation is 1. The lowest BCUT2D eigenvalue weighted by atomic mass is 10.5. The molecule has 9 heteroatoms. The maximum Gasteiger partial charge on any atom is 0.251 e. The molecule has 1 aromatic heterocycles. The Morgan fingerprint density at radius 3 is 2.82 bits per heavy atom. The van der Waals surface area contributed by atoms with Crippen molar-refractivity contribution in [2.24, 2.45) is 0 Å². The van der Waals surface area contributed by atoms with Gasteiger partial charge in [0, 0.05) is 19.3 Å². The third-order valence-corrected chi connectivity index (χ3v) is 3.27. The van der Waals surface area contributed by atoms with Crippen molar-refractivity contribution in [1.29, 1.82) is 0 Å². The van der Waals surface area contributed by atoms with Crippen LogP contribution < -0.4 is 4.72 Å². The number of halogens is 2. The van der Waals surface area contributed by atoms with E-state index in [0.717, 1.165) is 6.20 Å². The van der Waals surface area contributed by atoms with Gasteiger partial charge in [0.05, 0.1) is 12.7 Å². The molecule has 1 aromatic rings. The van der Waals surface area contributed by atoms with Crippen LogP contribution in [-0.2, 0) is 16.6 Å². The normalized spacial score (nSPS) is 12.2. The Balaban J connectivity index is 2.68. The number of aliphatic hydroxyl groups is 1. The van der Waals surface area contributed by atoms with Gasteiger partial charge in [0.2, 0.25) is 10.0 Å². The fraction of sp³-hybridized carbons (Fsp3) is 0.625. The van der Waals surface area contributed by atoms with Gasteiger partial charge in [-0.2, -0.15) is 5.10 Å². The lowest BCUT2D eigenvalue weighted by molar-refractivity contribution is 0.153. The second kappa shape index (κ2) is 6.03. The highest BCUT2D eigenvalue weighted by molar-refractivity contribution is 7.89. The highest BCUT2D eigenvalue weighted by Gasteiger charge is 2.17. The number of aliphatic hydroxyl groups excluding tert-OH is 1. The van der Waals surface area contributed by atoms with Gasteiger partial charge in [0.15, 0.2) is 0 Å². The SMILES string of the molecule is O=S(=O)(NCC(F)F)c1cnn(CCCO)c1. The van der Waals surface area contributed by atoms with Crippen LogP contribution >= 0.6 is 0 Å². The Labute approximate surface area is 97.3 Å². The zero-order chi connectivity index (χ0) is 12.9. The van der Waals surface area contributed by atoms with Crippen molar-refractivity contribution in [2.75, 3.05) is 13.2 Å². The molecular formula is C8H13F2N3O3S. The van der Waals surface area contributed by atoms with Gasteiger partial charge in [0.1, 0.15) is 4.90 Å². The van der Waals surface area contributed by atoms with Crippen LogP contribution in [0.2, 0.25) is 0 Å². The molecule has 1 rings (SSSR count). The summed E-state index contributed by atoms with van der Waals surface area (Å²) < 4.78 is 49.8. The van der Waals surface area contributed by atoms with E-state index in [1.54, 1.807) is 4.72 Å². The first-order valence-electron chi connectivity index (χ1n) is 4.87. The Hall–Kier alpha value is -1.06. The predicted octanol–water partition coefficient (Wildman–Crippen LogP) is -0.191. The second-order valence-electron chi connectivity index (χ2n) is 3.26. The maximum atomic E-state index is 11.9. The van der Waals surface area contributed by atoms with E-state index in [4.69, 9.17) is 5.11 Å². The van der Waals surface area contributed by atoms with Crippen molar-refractivity contribution in [3.05, 3.63) is 12.4 Å². The van der Waals surface area contributed by atoms with Crippen LogP contribution in [0.1, 0.15) is 6.42 Å². The molecule has 0 saturated carbocycles. The lowest BCUT2D eigenvalue weighted by Crippen LogP contribution is -2.28. The number of rotatable bonds is 7. The first-order valence-corrected chi connectivity index (χ1v) is 6.35. The molecule has 0 saturated heterocycles. The van der Waals surface area contributed by atoms with Crippen molar-refractivity contribution >= 4 is 10.0 Å². The number of nitrogens with zero attached hydrogens (tertiary/aromatic N) is 2. The van der Waals surface area contributed by atoms with Crippen molar-refractivity contribution in [1.82, 2.24) is 14.5 Å². The summed E-state index contributed by atoms with van der Waals surface area (Å²) in [6.45, 7) is -0.601. The van der Waals surface area contributed by atoms with E-state index < -0.39 is 23.0 Å². The molecule has 0 aromatic carbocycles. The van der Waals surface area contributed by atoms with E-state index in [0.29, 0.717) is 13.0 Å². The molecule has 0 spiro atoms. The van der Waals surface area contributed by atoms with Gasteiger partial charge in [-0.1, -0.05) is 0 Å². The van der Waals surface area contributed by atoms with Crippen LogP contribution in [0.3, 0.4) is 0 Å². The summed E-state index contributed by atoms with van der Waals surface area (Å²) in [5.41, 5.74) is 0. The minimum absolute atomic E-state index is 0.0361. The number of hydrogen-bond acceptors (Lipinski definition) is 4. The molecule has 0 amide bonds. The topological polar surface area (TPSA) is 84.2 Å². The number of nitrogens with one attached hydrogen (secondary N) is 1. The Morgan fingerprint density at radius 1 is 1.53 bits per heavy atom. The van der Waals surface area contributed by atoms with Gasteiger partial charge in [-0.3, -0.25) is 4.68 Å². The summed E-state index contributed by atoms with van der Waals surface area (Å²) >= 11 is 0. The molecule has 0 radical (unpaired) electrons. The van der Waals surface area contributed by atoms with E-state index in [1.807, 2.05) is 0 Å². The third kappa shape index (κ3) is 4.36. The van der Waals surface area contributed by atoms with Crippen molar-refractivity contribution in [2.45, 2.75) is 24.3 Å². The van der Waals surface area contributed by atoms with Gasteiger partial charge < -0.3 is 5.11 Å². The maximum absolute atomic E-state index is 11.9. The molecule has 1 heterocycles. The van der Waals surface area contributed by atoms with Gasteiger partial charge in [-0.15, -0.1) is 0 Å². The quantitative estimate of drug-likeness (QED) is 0.718. The van der Waals surface area contributed by atoms with Crippen molar-refractivity contribution in [3.63, 3.8) is 0 Å². The summed E-state index contributed by atoms with van der Waals surface area (Å²) in [7, 11) is -3.94. The molecule has 6 nitrogen and oxygen atoms in total. The first kappa shape index (κ1) is 14.0. The molecule has 0 aliphatic rings. The minimum Gasteiger partial charge on any atom is -0.396 e. The predicted molar refractivity (Wildman–Crippen MR) is 55.1 cm³/mol. The molecular weight excluding hydrogens is 256 g/mol. The summed E-state index contributed by atoms with van der Waals surface area (Å²) in [6.07, 6.45) is -0.00509. The van der Waals surface area contributed by atoms with E-state index >= 15 is 0 Å². The van der Waals surface area contributed by atoms with E-state index in [-0.39, 0.29) is 11.5 Å². The van der Waals surface area contributed by atoms with E-state index in [2.05, 4.69) is 5.10 Å². The van der Waals surface area contributed by atoms with Crippen LogP contribution in [0.25, 0.3) is 0 Å². The van der Waals surface area contributed by atoms with Gasteiger partial charge >= 0.3 is 0 Å². The molecule has 0 aliphatic carbocycles. The largest absolute Gasteiger partial charge is 0.396 e. The molecule has 0 aliphatic heterocycles. The molecule has 0 fully saturated rings. The first-order chi connectivity index (χ1) is 7.95. The summed E-state index contributed by atoms with van der Waals surface area (Å²) in [5, 5.41) is 12.3. The van der Waals surface area contributed by atoms with Crippen LogP contribution in [0.5, 0.6) is 0 Å². The van der Waals surface area contributed by atoms with E-state index in [9.17, 15) is 17.2 Å². The zero-order valence-corrected chi connectivity index (χ0v) is 9.70. The smallest absolute Gasteiger partial charge is 0.251 e. The van der Waals surface area contributed by atoms with Crippen LogP contribution in [0.15, 0.2) is 17.3 Å². The van der Waals surface area contributed by atoms with E-state index in [1.165, 1.54) is 10.9 Å². The fourth-order valence-corrected chi connectivity index (χ4v) is 2.05. The second-order valence-corrected chi connectivity index (χ2v) is 5.03. The highest BCUT2D eigenvalue weighted by Crippen LogP contribution is 2.07. The molecule has 17 heavy (non-hydrogen) atoms. The summed E-state index contributed by atoms with van der Waals surface area (Å²) in [6, 6.07) is 0. The monoisotopic (exact) mass is 269 g/mol. The highest BCUT2D eigenvalue weighted by atomic mass is 32.2. The standard InChI is InChI=1S/C8H13F2N3O3S/c9-8(10)5-12-17(15,16)7-4-11-13(6-7)2-1-3-14/h4,6,8,12,14H,1-3,5H2. The summed E-state index contributed by atoms with van der Waals surface area (Å²) in [4.78, 5) is -0.170. The number of sulfonamides is 1. The lowest BCUT2D eigenvalue weighted by Gasteiger charge is -2.03. The Morgan fingerprint density at radius 2 is 2.24 bits per heavy atom. The van der Waals surface area contributed by atoms with Crippen LogP contribution in [0.4, 0.5) is 8.78 Å². The number of aromatic nitrogens is 2. The van der Waals surface area contributed by atoms with Gasteiger partial charge in [-0.25, -0.2) is 21.9 Å². The van der Waals surface area contributed by atoms with Crippen LogP contribution in [-0.4, -0.2) is 42.9 Å². The molecule has 0 unspecified atom stereocenters. The van der Waals surface area contributed by atoms with Crippen LogP contribution in [0, 0.1) is 0 Å². The Kier molecular flexibility index (Phi) is 4.97. The fourth-order valence-electron chi connectivity index (χ4n) is 1.09. The summed E-state index contributed by atoms with van der Waals surface area (Å²) in [5.74, 6) is 0. The average molecular weight is 269 g/mol. The van der Waals surface area contributed by atoms with Gasteiger partial charge in [-0.05, 0) is 6.42 Å². The van der Waals surface area contributed by atoms with Crippen molar-refractivity contribution < 1.29 is 22.3 Å². The number of alkyl halides is 2. The molecule has 0 atom stereocenters. The molecule has 0 bridgehead atoms. The zero-order valence-electron chi connectivity index (χ0n) is 8.88. The number of hydrogen-bond donors (Lipinski definition) is 2. The Bertz CT molecular complexity index is 447. The van der Waals surface area contributed by atoms with Gasteiger partial charge in [0.25, 0.3) is 6.43 Å². The third-order valence-electron chi connectivity index (χ3n) is 1.89. The average Bonchev–Trinajstić information content (AvgIpc) is 2.73. The molecule has 2 N–H and O–H groups in total. The van der Waals surface area contributed by atoms with Crippen molar-refractivity contribution in [3.8, 4) is 0 Å². The molecule has 98 valence electrons. The minimum atomic E-state index is -3.94.